The molecule has 20 heavy (non-hydrogen) atoms. The Kier molecular flexibility index (Phi) is 3.89. The van der Waals surface area contributed by atoms with Gasteiger partial charge in [-0.25, -0.2) is 0 Å². The molecule has 1 heterocycles. The Morgan fingerprint density at radius 2 is 1.80 bits per heavy atom. The zero-order chi connectivity index (χ0) is 14.2. The predicted octanol–water partition coefficient (Wildman–Crippen LogP) is 4.55. The second-order valence-electron chi connectivity index (χ2n) is 6.44. The number of amides is 1. The van der Waals surface area contributed by atoms with E-state index in [0.717, 1.165) is 28.7 Å². The van der Waals surface area contributed by atoms with Crippen molar-refractivity contribution < 1.29 is 4.79 Å². The summed E-state index contributed by atoms with van der Waals surface area (Å²) >= 11 is 3.56. The smallest absolute Gasteiger partial charge is 0.255 e. The van der Waals surface area contributed by atoms with Crippen molar-refractivity contribution in [1.29, 1.82) is 0 Å². The Morgan fingerprint density at radius 1 is 1.15 bits per heavy atom. The fourth-order valence-corrected chi connectivity index (χ4v) is 4.23. The third-order valence-corrected chi connectivity index (χ3v) is 6.25. The molecule has 0 atom stereocenters. The highest BCUT2D eigenvalue weighted by atomic mass is 79.9. The van der Waals surface area contributed by atoms with Crippen molar-refractivity contribution in [3.63, 3.8) is 0 Å². The minimum Gasteiger partial charge on any atom is -0.339 e. The SMILES string of the molecule is Cc1cccc(C(=O)N2CCC3(CCCC3)CC2)c1Br. The van der Waals surface area contributed by atoms with Crippen LogP contribution in [0, 0.1) is 12.3 Å². The van der Waals surface area contributed by atoms with E-state index in [4.69, 9.17) is 0 Å². The number of benzene rings is 1. The van der Waals surface area contributed by atoms with Crippen LogP contribution in [0.2, 0.25) is 0 Å². The minimum atomic E-state index is 0.188. The number of rotatable bonds is 1. The Labute approximate surface area is 129 Å². The fraction of sp³-hybridized carbons (Fsp3) is 0.588. The standard InChI is InChI=1S/C17H22BrNO/c1-13-5-4-6-14(15(13)18)16(20)19-11-9-17(10-12-19)7-2-3-8-17/h4-6H,2-3,7-12H2,1H3. The van der Waals surface area contributed by atoms with Crippen LogP contribution in [0.25, 0.3) is 0 Å². The summed E-state index contributed by atoms with van der Waals surface area (Å²) in [5, 5.41) is 0. The molecule has 1 amide bonds. The summed E-state index contributed by atoms with van der Waals surface area (Å²) in [6, 6.07) is 5.93. The molecule has 1 aliphatic heterocycles. The summed E-state index contributed by atoms with van der Waals surface area (Å²) in [5.41, 5.74) is 2.51. The summed E-state index contributed by atoms with van der Waals surface area (Å²) in [6.45, 7) is 3.89. The van der Waals surface area contributed by atoms with Gasteiger partial charge in [0.2, 0.25) is 0 Å². The van der Waals surface area contributed by atoms with Gasteiger partial charge in [-0.2, -0.15) is 0 Å². The van der Waals surface area contributed by atoms with Crippen LogP contribution in [0.4, 0.5) is 0 Å². The highest BCUT2D eigenvalue weighted by Crippen LogP contribution is 2.46. The molecule has 2 aliphatic rings. The normalized spacial score (nSPS) is 21.4. The summed E-state index contributed by atoms with van der Waals surface area (Å²) in [4.78, 5) is 14.7. The summed E-state index contributed by atoms with van der Waals surface area (Å²) in [7, 11) is 0. The molecule has 1 aromatic rings. The molecule has 1 saturated heterocycles. The maximum atomic E-state index is 12.7. The van der Waals surface area contributed by atoms with Crippen LogP contribution in [0.3, 0.4) is 0 Å². The molecule has 2 fully saturated rings. The van der Waals surface area contributed by atoms with Gasteiger partial charge in [-0.15, -0.1) is 0 Å². The van der Waals surface area contributed by atoms with Crippen molar-refractivity contribution >= 4 is 21.8 Å². The predicted molar refractivity (Wildman–Crippen MR) is 84.9 cm³/mol. The molecular formula is C17H22BrNO. The van der Waals surface area contributed by atoms with Crippen LogP contribution in [0.1, 0.15) is 54.4 Å². The second-order valence-corrected chi connectivity index (χ2v) is 7.23. The van der Waals surface area contributed by atoms with Gasteiger partial charge in [0.05, 0.1) is 5.56 Å². The molecule has 1 aromatic carbocycles. The molecule has 1 aliphatic carbocycles. The molecule has 1 saturated carbocycles. The Bertz CT molecular complexity index is 510. The Balaban J connectivity index is 1.71. The van der Waals surface area contributed by atoms with Crippen molar-refractivity contribution in [2.24, 2.45) is 5.41 Å². The van der Waals surface area contributed by atoms with Gasteiger partial charge < -0.3 is 4.90 Å². The lowest BCUT2D eigenvalue weighted by Crippen LogP contribution is -2.42. The van der Waals surface area contributed by atoms with Gasteiger partial charge in [0.1, 0.15) is 0 Å². The molecule has 0 radical (unpaired) electrons. The van der Waals surface area contributed by atoms with E-state index < -0.39 is 0 Å². The van der Waals surface area contributed by atoms with Crippen LogP contribution < -0.4 is 0 Å². The number of hydrogen-bond donors (Lipinski definition) is 0. The van der Waals surface area contributed by atoms with E-state index in [-0.39, 0.29) is 5.91 Å². The van der Waals surface area contributed by atoms with E-state index in [1.165, 1.54) is 38.5 Å². The van der Waals surface area contributed by atoms with Crippen molar-refractivity contribution in [3.05, 3.63) is 33.8 Å². The molecule has 1 spiro atoms. The lowest BCUT2D eigenvalue weighted by Gasteiger charge is -2.39. The lowest BCUT2D eigenvalue weighted by atomic mass is 9.77. The maximum Gasteiger partial charge on any atom is 0.255 e. The van der Waals surface area contributed by atoms with Gasteiger partial charge in [-0.3, -0.25) is 4.79 Å². The zero-order valence-electron chi connectivity index (χ0n) is 12.1. The molecular weight excluding hydrogens is 314 g/mol. The average molecular weight is 336 g/mol. The van der Waals surface area contributed by atoms with Crippen molar-refractivity contribution in [3.8, 4) is 0 Å². The third-order valence-electron chi connectivity index (χ3n) is 5.20. The monoisotopic (exact) mass is 335 g/mol. The van der Waals surface area contributed by atoms with E-state index >= 15 is 0 Å². The molecule has 2 nitrogen and oxygen atoms in total. The number of nitrogens with zero attached hydrogens (tertiary/aromatic N) is 1. The van der Waals surface area contributed by atoms with Gasteiger partial charge in [-0.05, 0) is 65.6 Å². The van der Waals surface area contributed by atoms with Crippen LogP contribution in [-0.2, 0) is 0 Å². The molecule has 0 unspecified atom stereocenters. The van der Waals surface area contributed by atoms with E-state index in [9.17, 15) is 4.79 Å². The van der Waals surface area contributed by atoms with Crippen molar-refractivity contribution in [2.75, 3.05) is 13.1 Å². The van der Waals surface area contributed by atoms with Gasteiger partial charge >= 0.3 is 0 Å². The summed E-state index contributed by atoms with van der Waals surface area (Å²) in [5.74, 6) is 0.188. The quantitative estimate of drug-likeness (QED) is 0.736. The van der Waals surface area contributed by atoms with Crippen LogP contribution >= 0.6 is 15.9 Å². The largest absolute Gasteiger partial charge is 0.339 e. The first-order chi connectivity index (χ1) is 9.61. The minimum absolute atomic E-state index is 0.188. The number of piperidine rings is 1. The molecule has 3 heteroatoms. The van der Waals surface area contributed by atoms with Gasteiger partial charge in [0.25, 0.3) is 5.91 Å². The van der Waals surface area contributed by atoms with Crippen molar-refractivity contribution in [1.82, 2.24) is 4.90 Å². The third kappa shape index (κ3) is 2.52. The van der Waals surface area contributed by atoms with E-state index in [1.54, 1.807) is 0 Å². The highest BCUT2D eigenvalue weighted by Gasteiger charge is 2.38. The summed E-state index contributed by atoms with van der Waals surface area (Å²) in [6.07, 6.45) is 7.92. The van der Waals surface area contributed by atoms with E-state index in [2.05, 4.69) is 15.9 Å². The number of carbonyl (C=O) groups is 1. The highest BCUT2D eigenvalue weighted by molar-refractivity contribution is 9.10. The van der Waals surface area contributed by atoms with E-state index in [1.807, 2.05) is 30.0 Å². The number of likely N-dealkylation sites (tertiary alicyclic amines) is 1. The summed E-state index contributed by atoms with van der Waals surface area (Å²) < 4.78 is 0.950. The first-order valence-electron chi connectivity index (χ1n) is 7.66. The first kappa shape index (κ1) is 14.1. The van der Waals surface area contributed by atoms with E-state index in [0.29, 0.717) is 5.41 Å². The van der Waals surface area contributed by atoms with Gasteiger partial charge in [0, 0.05) is 17.6 Å². The van der Waals surface area contributed by atoms with Crippen LogP contribution in [-0.4, -0.2) is 23.9 Å². The van der Waals surface area contributed by atoms with Crippen molar-refractivity contribution in [2.45, 2.75) is 45.4 Å². The zero-order valence-corrected chi connectivity index (χ0v) is 13.7. The molecule has 0 N–H and O–H groups in total. The topological polar surface area (TPSA) is 20.3 Å². The fourth-order valence-electron chi connectivity index (χ4n) is 3.79. The van der Waals surface area contributed by atoms with Gasteiger partial charge in [-0.1, -0.05) is 25.0 Å². The number of carbonyl (C=O) groups excluding carboxylic acids is 1. The second kappa shape index (κ2) is 5.51. The first-order valence-corrected chi connectivity index (χ1v) is 8.45. The Hall–Kier alpha value is -0.830. The molecule has 108 valence electrons. The van der Waals surface area contributed by atoms with Crippen LogP contribution in [0.15, 0.2) is 22.7 Å². The Morgan fingerprint density at radius 3 is 2.45 bits per heavy atom. The van der Waals surface area contributed by atoms with Crippen LogP contribution in [0.5, 0.6) is 0 Å². The molecule has 0 bridgehead atoms. The maximum absolute atomic E-state index is 12.7. The van der Waals surface area contributed by atoms with Gasteiger partial charge in [0.15, 0.2) is 0 Å². The number of aryl methyl sites for hydroxylation is 1. The average Bonchev–Trinajstić information content (AvgIpc) is 2.90. The number of halogens is 1. The molecule has 0 aromatic heterocycles. The molecule has 3 rings (SSSR count). The lowest BCUT2D eigenvalue weighted by molar-refractivity contribution is 0.0586. The number of hydrogen-bond acceptors (Lipinski definition) is 1.